The number of hydrogen-bond donors (Lipinski definition) is 1. The van der Waals surface area contributed by atoms with Crippen molar-refractivity contribution < 1.29 is 22.7 Å². The lowest BCUT2D eigenvalue weighted by Crippen LogP contribution is -2.40. The topological polar surface area (TPSA) is 88.2 Å². The zero-order valence-corrected chi connectivity index (χ0v) is 18.9. The highest BCUT2D eigenvalue weighted by molar-refractivity contribution is 7.89. The Kier molecular flexibility index (Phi) is 7.54. The van der Waals surface area contributed by atoms with Gasteiger partial charge in [-0.1, -0.05) is 24.3 Å². The molecule has 2 saturated heterocycles. The van der Waals surface area contributed by atoms with Gasteiger partial charge in [0.1, 0.15) is 0 Å². The minimum Gasteiger partial charge on any atom is -0.379 e. The smallest absolute Gasteiger partial charge is 0.251 e. The second kappa shape index (κ2) is 10.5. The number of amides is 1. The number of rotatable bonds is 7. The Labute approximate surface area is 189 Å². The quantitative estimate of drug-likeness (QED) is 0.675. The van der Waals surface area contributed by atoms with Crippen molar-refractivity contribution >= 4 is 15.9 Å². The molecular weight excluding hydrogens is 430 g/mol. The van der Waals surface area contributed by atoms with Crippen molar-refractivity contribution in [3.8, 4) is 0 Å². The average Bonchev–Trinajstić information content (AvgIpc) is 2.85. The Balaban J connectivity index is 1.30. The lowest BCUT2D eigenvalue weighted by Gasteiger charge is -2.26. The zero-order chi connectivity index (χ0) is 22.4. The van der Waals surface area contributed by atoms with Crippen molar-refractivity contribution in [2.75, 3.05) is 52.6 Å². The van der Waals surface area contributed by atoms with Crippen LogP contribution in [0.2, 0.25) is 0 Å². The molecular formula is C23H29N3O5S. The highest BCUT2D eigenvalue weighted by atomic mass is 32.2. The summed E-state index contributed by atoms with van der Waals surface area (Å²) in [5.74, 6) is -0.238. The number of morpholine rings is 2. The first-order valence-corrected chi connectivity index (χ1v) is 12.3. The summed E-state index contributed by atoms with van der Waals surface area (Å²) in [7, 11) is -3.56. The first-order chi connectivity index (χ1) is 15.5. The first-order valence-electron chi connectivity index (χ1n) is 10.9. The number of sulfonamides is 1. The monoisotopic (exact) mass is 459 g/mol. The molecule has 2 aliphatic rings. The molecule has 2 aromatic rings. The van der Waals surface area contributed by atoms with E-state index in [9.17, 15) is 13.2 Å². The van der Waals surface area contributed by atoms with Crippen LogP contribution in [0, 0.1) is 0 Å². The summed E-state index contributed by atoms with van der Waals surface area (Å²) in [4.78, 5) is 15.1. The molecule has 0 bridgehead atoms. The van der Waals surface area contributed by atoms with Gasteiger partial charge in [0.2, 0.25) is 10.0 Å². The van der Waals surface area contributed by atoms with Crippen LogP contribution >= 0.6 is 0 Å². The molecule has 172 valence electrons. The summed E-state index contributed by atoms with van der Waals surface area (Å²) in [6.07, 6.45) is 0. The second-order valence-electron chi connectivity index (χ2n) is 7.93. The summed E-state index contributed by atoms with van der Waals surface area (Å²) < 4.78 is 37.4. The van der Waals surface area contributed by atoms with E-state index in [0.29, 0.717) is 38.4 Å². The molecule has 2 aromatic carbocycles. The van der Waals surface area contributed by atoms with Crippen LogP contribution in [0.3, 0.4) is 0 Å². The number of nitrogens with zero attached hydrogens (tertiary/aromatic N) is 2. The maximum Gasteiger partial charge on any atom is 0.251 e. The highest BCUT2D eigenvalue weighted by Gasteiger charge is 2.26. The number of nitrogens with one attached hydrogen (secondary N) is 1. The highest BCUT2D eigenvalue weighted by Crippen LogP contribution is 2.18. The molecule has 2 fully saturated rings. The van der Waals surface area contributed by atoms with Crippen molar-refractivity contribution in [2.45, 2.75) is 18.0 Å². The molecule has 8 nitrogen and oxygen atoms in total. The van der Waals surface area contributed by atoms with E-state index in [2.05, 4.69) is 22.3 Å². The van der Waals surface area contributed by atoms with Gasteiger partial charge in [-0.15, -0.1) is 0 Å². The van der Waals surface area contributed by atoms with Crippen molar-refractivity contribution in [3.63, 3.8) is 0 Å². The van der Waals surface area contributed by atoms with Crippen LogP contribution in [0.25, 0.3) is 0 Å². The molecule has 2 heterocycles. The van der Waals surface area contributed by atoms with Crippen LogP contribution < -0.4 is 5.32 Å². The van der Waals surface area contributed by atoms with Gasteiger partial charge >= 0.3 is 0 Å². The van der Waals surface area contributed by atoms with Crippen LogP contribution in [-0.2, 0) is 32.6 Å². The SMILES string of the molecule is O=C(NCc1ccc(CN2CCOCC2)cc1)c1ccc(S(=O)(=O)N2CCOCC2)cc1. The first kappa shape index (κ1) is 22.9. The van der Waals surface area contributed by atoms with E-state index in [1.54, 1.807) is 12.1 Å². The lowest BCUT2D eigenvalue weighted by atomic mass is 10.1. The second-order valence-corrected chi connectivity index (χ2v) is 9.87. The van der Waals surface area contributed by atoms with E-state index >= 15 is 0 Å². The van der Waals surface area contributed by atoms with Gasteiger partial charge < -0.3 is 14.8 Å². The molecule has 0 aromatic heterocycles. The van der Waals surface area contributed by atoms with E-state index in [0.717, 1.165) is 38.4 Å². The molecule has 9 heteroatoms. The number of carbonyl (C=O) groups excluding carboxylic acids is 1. The van der Waals surface area contributed by atoms with E-state index in [4.69, 9.17) is 9.47 Å². The van der Waals surface area contributed by atoms with Crippen LogP contribution in [0.1, 0.15) is 21.5 Å². The van der Waals surface area contributed by atoms with Gasteiger partial charge in [0.25, 0.3) is 5.91 Å². The van der Waals surface area contributed by atoms with Gasteiger partial charge in [-0.3, -0.25) is 9.69 Å². The predicted molar refractivity (Wildman–Crippen MR) is 120 cm³/mol. The molecule has 1 amide bonds. The number of hydrogen-bond acceptors (Lipinski definition) is 6. The number of benzene rings is 2. The van der Waals surface area contributed by atoms with Gasteiger partial charge in [0.05, 0.1) is 31.3 Å². The standard InChI is InChI=1S/C23H29N3O5S/c27-23(21-5-7-22(8-6-21)32(28,29)26-11-15-31-16-12-26)24-17-19-1-3-20(4-2-19)18-25-9-13-30-14-10-25/h1-8H,9-18H2,(H,24,27). The third-order valence-electron chi connectivity index (χ3n) is 5.71. The van der Waals surface area contributed by atoms with Gasteiger partial charge in [-0.25, -0.2) is 8.42 Å². The summed E-state index contributed by atoms with van der Waals surface area (Å²) in [6.45, 7) is 6.25. The van der Waals surface area contributed by atoms with Gasteiger partial charge in [0.15, 0.2) is 0 Å². The van der Waals surface area contributed by atoms with Crippen LogP contribution in [0.15, 0.2) is 53.4 Å². The molecule has 1 N–H and O–H groups in total. The fraction of sp³-hybridized carbons (Fsp3) is 0.435. The van der Waals surface area contributed by atoms with Crippen molar-refractivity contribution in [1.82, 2.24) is 14.5 Å². The zero-order valence-electron chi connectivity index (χ0n) is 18.0. The molecule has 32 heavy (non-hydrogen) atoms. The fourth-order valence-corrected chi connectivity index (χ4v) is 5.19. The summed E-state index contributed by atoms with van der Waals surface area (Å²) in [6, 6.07) is 14.3. The van der Waals surface area contributed by atoms with Crippen LogP contribution in [0.4, 0.5) is 0 Å². The average molecular weight is 460 g/mol. The largest absolute Gasteiger partial charge is 0.379 e. The van der Waals surface area contributed by atoms with Crippen LogP contribution in [0.5, 0.6) is 0 Å². The summed E-state index contributed by atoms with van der Waals surface area (Å²) in [5, 5.41) is 2.90. The molecule has 0 radical (unpaired) electrons. The Morgan fingerprint density at radius 1 is 0.812 bits per heavy atom. The number of carbonyl (C=O) groups is 1. The summed E-state index contributed by atoms with van der Waals surface area (Å²) in [5.41, 5.74) is 2.67. The third-order valence-corrected chi connectivity index (χ3v) is 7.62. The van der Waals surface area contributed by atoms with Gasteiger partial charge in [0, 0.05) is 44.8 Å². The van der Waals surface area contributed by atoms with Gasteiger partial charge in [-0.2, -0.15) is 4.31 Å². The van der Waals surface area contributed by atoms with E-state index < -0.39 is 10.0 Å². The van der Waals surface area contributed by atoms with Gasteiger partial charge in [-0.05, 0) is 35.4 Å². The molecule has 0 spiro atoms. The molecule has 0 unspecified atom stereocenters. The lowest BCUT2D eigenvalue weighted by molar-refractivity contribution is 0.0342. The number of ether oxygens (including phenoxy) is 2. The van der Waals surface area contributed by atoms with Crippen molar-refractivity contribution in [1.29, 1.82) is 0 Å². The Hall–Kier alpha value is -2.30. The van der Waals surface area contributed by atoms with Crippen molar-refractivity contribution in [3.05, 3.63) is 65.2 Å². The predicted octanol–water partition coefficient (Wildman–Crippen LogP) is 1.47. The molecule has 0 atom stereocenters. The maximum absolute atomic E-state index is 12.7. The minimum atomic E-state index is -3.56. The Morgan fingerprint density at radius 3 is 2.00 bits per heavy atom. The summed E-state index contributed by atoms with van der Waals surface area (Å²) >= 11 is 0. The van der Waals surface area contributed by atoms with Crippen LogP contribution in [-0.4, -0.2) is 76.1 Å². The Morgan fingerprint density at radius 2 is 1.38 bits per heavy atom. The fourth-order valence-electron chi connectivity index (χ4n) is 3.78. The van der Waals surface area contributed by atoms with Crippen molar-refractivity contribution in [2.24, 2.45) is 0 Å². The maximum atomic E-state index is 12.7. The molecule has 4 rings (SSSR count). The normalized spacial score (nSPS) is 18.4. The molecule has 2 aliphatic heterocycles. The molecule has 0 aliphatic carbocycles. The minimum absolute atomic E-state index is 0.187. The van der Waals surface area contributed by atoms with E-state index in [-0.39, 0.29) is 10.8 Å². The van der Waals surface area contributed by atoms with E-state index in [1.807, 2.05) is 12.1 Å². The third kappa shape index (κ3) is 5.73. The Bertz CT molecular complexity index is 997. The van der Waals surface area contributed by atoms with E-state index in [1.165, 1.54) is 22.0 Å². The molecule has 0 saturated carbocycles.